The van der Waals surface area contributed by atoms with Gasteiger partial charge in [-0.25, -0.2) is 0 Å². The molecule has 4 heteroatoms. The standard InChI is InChI=1S/C7H14N2O2/c1-4-6(10)9(3)5(2)7(8)11/h5H,4H2,1-3H3,(H2,8,11). The largest absolute Gasteiger partial charge is 0.368 e. The number of amides is 2. The van der Waals surface area contributed by atoms with Gasteiger partial charge in [0, 0.05) is 13.5 Å². The molecule has 0 bridgehead atoms. The minimum Gasteiger partial charge on any atom is -0.368 e. The fourth-order valence-electron chi connectivity index (χ4n) is 0.656. The van der Waals surface area contributed by atoms with Gasteiger partial charge in [0.25, 0.3) is 0 Å². The van der Waals surface area contributed by atoms with E-state index in [-0.39, 0.29) is 5.91 Å². The minimum atomic E-state index is -0.512. The van der Waals surface area contributed by atoms with Gasteiger partial charge in [-0.3, -0.25) is 9.59 Å². The number of primary amides is 1. The van der Waals surface area contributed by atoms with Crippen molar-refractivity contribution in [1.29, 1.82) is 0 Å². The van der Waals surface area contributed by atoms with Crippen LogP contribution in [0.5, 0.6) is 0 Å². The summed E-state index contributed by atoms with van der Waals surface area (Å²) in [4.78, 5) is 22.9. The van der Waals surface area contributed by atoms with Crippen LogP contribution in [0.25, 0.3) is 0 Å². The van der Waals surface area contributed by atoms with Crippen molar-refractivity contribution >= 4 is 11.8 Å². The number of nitrogens with two attached hydrogens (primary N) is 1. The Labute approximate surface area is 66.4 Å². The number of rotatable bonds is 3. The lowest BCUT2D eigenvalue weighted by Gasteiger charge is -2.21. The average molecular weight is 158 g/mol. The maximum Gasteiger partial charge on any atom is 0.239 e. The van der Waals surface area contributed by atoms with E-state index in [1.165, 1.54) is 4.90 Å². The second-order valence-electron chi connectivity index (χ2n) is 2.44. The molecule has 0 aromatic rings. The average Bonchev–Trinajstić information content (AvgIpc) is 2.00. The van der Waals surface area contributed by atoms with E-state index in [0.717, 1.165) is 0 Å². The highest BCUT2D eigenvalue weighted by atomic mass is 16.2. The van der Waals surface area contributed by atoms with Crippen LogP contribution in [0.1, 0.15) is 20.3 Å². The number of carbonyl (C=O) groups is 2. The first-order valence-electron chi connectivity index (χ1n) is 3.55. The van der Waals surface area contributed by atoms with Crippen LogP contribution in [0.15, 0.2) is 0 Å². The van der Waals surface area contributed by atoms with Gasteiger partial charge in [0.1, 0.15) is 6.04 Å². The molecule has 0 saturated carbocycles. The van der Waals surface area contributed by atoms with Crippen molar-refractivity contribution in [2.45, 2.75) is 26.3 Å². The SMILES string of the molecule is CCC(=O)N(C)C(C)C(N)=O. The van der Waals surface area contributed by atoms with Gasteiger partial charge in [0.05, 0.1) is 0 Å². The normalized spacial score (nSPS) is 12.3. The molecule has 0 spiro atoms. The Hall–Kier alpha value is -1.06. The molecular weight excluding hydrogens is 144 g/mol. The summed E-state index contributed by atoms with van der Waals surface area (Å²) in [7, 11) is 1.57. The maximum atomic E-state index is 11.0. The highest BCUT2D eigenvalue weighted by Gasteiger charge is 2.17. The van der Waals surface area contributed by atoms with Crippen molar-refractivity contribution in [3.8, 4) is 0 Å². The van der Waals surface area contributed by atoms with Gasteiger partial charge in [-0.15, -0.1) is 0 Å². The number of nitrogens with zero attached hydrogens (tertiary/aromatic N) is 1. The molecular formula is C7H14N2O2. The summed E-state index contributed by atoms with van der Waals surface area (Å²) in [5.74, 6) is -0.550. The third-order valence-electron chi connectivity index (χ3n) is 1.69. The van der Waals surface area contributed by atoms with E-state index in [1.807, 2.05) is 0 Å². The zero-order valence-electron chi connectivity index (χ0n) is 7.13. The van der Waals surface area contributed by atoms with Crippen molar-refractivity contribution < 1.29 is 9.59 Å². The van der Waals surface area contributed by atoms with Crippen LogP contribution in [0.4, 0.5) is 0 Å². The lowest BCUT2D eigenvalue weighted by molar-refractivity contribution is -0.136. The summed E-state index contributed by atoms with van der Waals surface area (Å²) in [5, 5.41) is 0. The van der Waals surface area contributed by atoms with Crippen LogP contribution in [0, 0.1) is 0 Å². The van der Waals surface area contributed by atoms with Crippen LogP contribution in [0.3, 0.4) is 0 Å². The van der Waals surface area contributed by atoms with Gasteiger partial charge in [0.2, 0.25) is 11.8 Å². The summed E-state index contributed by atoms with van der Waals surface area (Å²) in [6.45, 7) is 3.35. The van der Waals surface area contributed by atoms with E-state index in [4.69, 9.17) is 5.73 Å². The summed E-state index contributed by atoms with van der Waals surface area (Å²) >= 11 is 0. The molecule has 0 saturated heterocycles. The van der Waals surface area contributed by atoms with Gasteiger partial charge >= 0.3 is 0 Å². The Morgan fingerprint density at radius 1 is 1.55 bits per heavy atom. The molecule has 4 nitrogen and oxygen atoms in total. The first-order chi connectivity index (χ1) is 5.00. The zero-order valence-corrected chi connectivity index (χ0v) is 7.13. The summed E-state index contributed by atoms with van der Waals surface area (Å²) in [6, 6.07) is -0.512. The minimum absolute atomic E-state index is 0.0729. The first kappa shape index (κ1) is 9.94. The topological polar surface area (TPSA) is 63.4 Å². The molecule has 1 atom stereocenters. The zero-order chi connectivity index (χ0) is 9.02. The third kappa shape index (κ3) is 2.57. The smallest absolute Gasteiger partial charge is 0.239 e. The quantitative estimate of drug-likeness (QED) is 0.614. The highest BCUT2D eigenvalue weighted by molar-refractivity contribution is 5.85. The van der Waals surface area contributed by atoms with Crippen LogP contribution in [-0.2, 0) is 9.59 Å². The Morgan fingerprint density at radius 3 is 2.27 bits per heavy atom. The van der Waals surface area contributed by atoms with E-state index in [1.54, 1.807) is 20.9 Å². The van der Waals surface area contributed by atoms with Crippen LogP contribution in [-0.4, -0.2) is 29.8 Å². The summed E-state index contributed by atoms with van der Waals surface area (Å²) < 4.78 is 0. The lowest BCUT2D eigenvalue weighted by atomic mass is 10.2. The molecule has 0 aliphatic carbocycles. The number of hydrogen-bond donors (Lipinski definition) is 1. The Morgan fingerprint density at radius 2 is 2.00 bits per heavy atom. The van der Waals surface area contributed by atoms with Gasteiger partial charge in [-0.1, -0.05) is 6.92 Å². The molecule has 11 heavy (non-hydrogen) atoms. The molecule has 0 aliphatic heterocycles. The number of carbonyl (C=O) groups excluding carboxylic acids is 2. The monoisotopic (exact) mass is 158 g/mol. The second-order valence-corrected chi connectivity index (χ2v) is 2.44. The highest BCUT2D eigenvalue weighted by Crippen LogP contribution is 1.96. The molecule has 0 aromatic carbocycles. The van der Waals surface area contributed by atoms with E-state index >= 15 is 0 Å². The lowest BCUT2D eigenvalue weighted by Crippen LogP contribution is -2.43. The van der Waals surface area contributed by atoms with E-state index in [2.05, 4.69) is 0 Å². The molecule has 0 heterocycles. The molecule has 0 aromatic heterocycles. The van der Waals surface area contributed by atoms with Crippen LogP contribution >= 0.6 is 0 Å². The number of hydrogen-bond acceptors (Lipinski definition) is 2. The molecule has 0 rings (SSSR count). The number of likely N-dealkylation sites (N-methyl/N-ethyl adjacent to an activating group) is 1. The maximum absolute atomic E-state index is 11.0. The van der Waals surface area contributed by atoms with Crippen molar-refractivity contribution in [1.82, 2.24) is 4.90 Å². The van der Waals surface area contributed by atoms with Crippen molar-refractivity contribution in [2.75, 3.05) is 7.05 Å². The summed E-state index contributed by atoms with van der Waals surface area (Å²) in [6.07, 6.45) is 0.397. The Balaban J connectivity index is 4.12. The molecule has 1 unspecified atom stereocenters. The predicted molar refractivity (Wildman–Crippen MR) is 41.7 cm³/mol. The fraction of sp³-hybridized carbons (Fsp3) is 0.714. The molecule has 0 radical (unpaired) electrons. The van der Waals surface area contributed by atoms with Crippen LogP contribution < -0.4 is 5.73 Å². The Bertz CT molecular complexity index is 168. The molecule has 0 aliphatic rings. The van der Waals surface area contributed by atoms with Gasteiger partial charge in [-0.2, -0.15) is 0 Å². The molecule has 64 valence electrons. The van der Waals surface area contributed by atoms with Crippen molar-refractivity contribution in [3.05, 3.63) is 0 Å². The Kier molecular flexibility index (Phi) is 3.57. The molecule has 0 fully saturated rings. The second kappa shape index (κ2) is 3.95. The van der Waals surface area contributed by atoms with E-state index in [9.17, 15) is 9.59 Å². The molecule has 2 amide bonds. The van der Waals surface area contributed by atoms with Crippen molar-refractivity contribution in [3.63, 3.8) is 0 Å². The van der Waals surface area contributed by atoms with Crippen LogP contribution in [0.2, 0.25) is 0 Å². The van der Waals surface area contributed by atoms with Gasteiger partial charge in [-0.05, 0) is 6.92 Å². The first-order valence-corrected chi connectivity index (χ1v) is 3.55. The van der Waals surface area contributed by atoms with Gasteiger partial charge < -0.3 is 10.6 Å². The van der Waals surface area contributed by atoms with Gasteiger partial charge in [0.15, 0.2) is 0 Å². The van der Waals surface area contributed by atoms with E-state index < -0.39 is 11.9 Å². The predicted octanol–water partition coefficient (Wildman–Crippen LogP) is -0.271. The summed E-state index contributed by atoms with van der Waals surface area (Å²) in [5.41, 5.74) is 5.00. The fourth-order valence-corrected chi connectivity index (χ4v) is 0.656. The van der Waals surface area contributed by atoms with E-state index in [0.29, 0.717) is 6.42 Å². The van der Waals surface area contributed by atoms with Crippen molar-refractivity contribution in [2.24, 2.45) is 5.73 Å². The molecule has 2 N–H and O–H groups in total. The third-order valence-corrected chi connectivity index (χ3v) is 1.69.